The molecule has 0 saturated carbocycles. The number of rotatable bonds is 11. The van der Waals surface area contributed by atoms with Crippen LogP contribution in [0, 0.1) is 0 Å². The molecule has 1 heterocycles. The van der Waals surface area contributed by atoms with Gasteiger partial charge in [0, 0.05) is 62.8 Å². The van der Waals surface area contributed by atoms with Crippen LogP contribution in [0.15, 0.2) is 346 Å². The van der Waals surface area contributed by atoms with E-state index in [9.17, 15) is 0 Å². The van der Waals surface area contributed by atoms with Crippen molar-refractivity contribution in [1.29, 1.82) is 0 Å². The molecule has 0 aliphatic rings. The summed E-state index contributed by atoms with van der Waals surface area (Å²) in [4.78, 5) is 4.16. The number of benzene rings is 12. The van der Waals surface area contributed by atoms with E-state index in [-0.39, 0.29) is 0 Å². The Bertz CT molecular complexity index is 3600. The van der Waals surface area contributed by atoms with Gasteiger partial charge < -0.3 is 26.6 Å². The molecule has 13 rings (SSSR count). The summed E-state index contributed by atoms with van der Waals surface area (Å²) in [5, 5.41) is 21.8. The van der Waals surface area contributed by atoms with E-state index < -0.39 is 0 Å². The average Bonchev–Trinajstić information content (AvgIpc) is 3.53. The maximum absolute atomic E-state index is 4.16. The second-order valence-electron chi connectivity index (χ2n) is 18.1. The van der Waals surface area contributed by atoms with Gasteiger partial charge in [-0.05, 0) is 143 Å². The van der Waals surface area contributed by atoms with Crippen LogP contribution in [-0.4, -0.2) is 4.98 Å². The van der Waals surface area contributed by atoms with Crippen LogP contribution in [0.25, 0.3) is 32.7 Å². The Kier molecular flexibility index (Phi) is 19.8. The standard InChI is InChI=1S/C18H15N.2C16H13N.C12H11N.C11H10N2/c1-3-7-15(8-4-1)16-11-13-18(14-12-16)19-17-9-5-2-6-10-17;1-2-9-14(10-3-1)17-16-12-6-8-13-7-4-5-11-15(13)16;1-2-8-15(9-3-1)17-16-11-10-13-6-4-5-7-14(13)12-16;1-3-7-11(8-4-1)13-12-9-5-2-6-10-12;1-2-6-10(7-3-1)13-11-8-4-5-9-12-11/h1-14,19H;2*1-12,17H;1-10,13H;1-9H,(H,12,13). The Balaban J connectivity index is 0.000000121. The molecule has 0 bridgehead atoms. The molecule has 0 radical (unpaired) electrons. The highest BCUT2D eigenvalue weighted by Gasteiger charge is 2.02. The van der Waals surface area contributed by atoms with Gasteiger partial charge in [-0.2, -0.15) is 0 Å². The summed E-state index contributed by atoms with van der Waals surface area (Å²) in [7, 11) is 0. The number of aromatic nitrogens is 1. The van der Waals surface area contributed by atoms with E-state index in [4.69, 9.17) is 0 Å². The quantitative estimate of drug-likeness (QED) is 0.0889. The second-order valence-corrected chi connectivity index (χ2v) is 18.1. The molecule has 0 atom stereocenters. The lowest BCUT2D eigenvalue weighted by Crippen LogP contribution is -1.91. The van der Waals surface area contributed by atoms with Crippen LogP contribution in [-0.2, 0) is 0 Å². The van der Waals surface area contributed by atoms with Crippen LogP contribution < -0.4 is 26.6 Å². The van der Waals surface area contributed by atoms with Crippen molar-refractivity contribution in [3.63, 3.8) is 0 Å². The first-order valence-corrected chi connectivity index (χ1v) is 26.4. The lowest BCUT2D eigenvalue weighted by molar-refractivity contribution is 1.31. The molecule has 0 aliphatic carbocycles. The van der Waals surface area contributed by atoms with Crippen molar-refractivity contribution in [2.24, 2.45) is 0 Å². The van der Waals surface area contributed by atoms with Gasteiger partial charge in [0.15, 0.2) is 0 Å². The molecular weight excluding hydrogens is 961 g/mol. The van der Waals surface area contributed by atoms with Crippen LogP contribution in [0.2, 0.25) is 0 Å². The number of hydrogen-bond acceptors (Lipinski definition) is 6. The number of pyridine rings is 1. The molecule has 5 N–H and O–H groups in total. The Morgan fingerprint density at radius 2 is 0.557 bits per heavy atom. The van der Waals surface area contributed by atoms with E-state index >= 15 is 0 Å². The van der Waals surface area contributed by atoms with Crippen molar-refractivity contribution in [1.82, 2.24) is 4.98 Å². The summed E-state index contributed by atoms with van der Waals surface area (Å²) in [5.74, 6) is 0.869. The molecule has 0 unspecified atom stereocenters. The number of fused-ring (bicyclic) bond motifs is 2. The van der Waals surface area contributed by atoms with Crippen molar-refractivity contribution in [2.45, 2.75) is 0 Å². The zero-order valence-electron chi connectivity index (χ0n) is 43.9. The van der Waals surface area contributed by atoms with Crippen molar-refractivity contribution < 1.29 is 0 Å². The summed E-state index contributed by atoms with van der Waals surface area (Å²) in [6.45, 7) is 0. The number of hydrogen-bond donors (Lipinski definition) is 5. The number of nitrogens with one attached hydrogen (secondary N) is 5. The molecule has 6 nitrogen and oxygen atoms in total. The zero-order chi connectivity index (χ0) is 53.8. The first-order valence-electron chi connectivity index (χ1n) is 26.4. The molecule has 0 aliphatic heterocycles. The van der Waals surface area contributed by atoms with Gasteiger partial charge >= 0.3 is 0 Å². The minimum Gasteiger partial charge on any atom is -0.356 e. The molecule has 0 fully saturated rings. The van der Waals surface area contributed by atoms with Crippen LogP contribution in [0.4, 0.5) is 57.0 Å². The molecule has 79 heavy (non-hydrogen) atoms. The SMILES string of the molecule is c1ccc(Nc2ccc(-c3ccccc3)cc2)cc1.c1ccc(Nc2ccc3ccccc3c2)cc1.c1ccc(Nc2cccc3ccccc23)cc1.c1ccc(Nc2ccccc2)cc1.c1ccc(Nc2ccccn2)cc1. The van der Waals surface area contributed by atoms with Crippen molar-refractivity contribution >= 4 is 78.5 Å². The maximum atomic E-state index is 4.16. The summed E-state index contributed by atoms with van der Waals surface area (Å²) < 4.78 is 0. The zero-order valence-corrected chi connectivity index (χ0v) is 43.9. The minimum atomic E-state index is 0.869. The van der Waals surface area contributed by atoms with E-state index in [0.29, 0.717) is 0 Å². The van der Waals surface area contributed by atoms with Gasteiger partial charge in [0.25, 0.3) is 0 Å². The van der Waals surface area contributed by atoms with Crippen molar-refractivity contribution in [2.75, 3.05) is 26.6 Å². The van der Waals surface area contributed by atoms with Crippen LogP contribution in [0.3, 0.4) is 0 Å². The highest BCUT2D eigenvalue weighted by molar-refractivity contribution is 5.95. The third-order valence-corrected chi connectivity index (χ3v) is 12.3. The topological polar surface area (TPSA) is 73.0 Å². The molecule has 0 amide bonds. The lowest BCUT2D eigenvalue weighted by atomic mass is 10.1. The van der Waals surface area contributed by atoms with Crippen molar-refractivity contribution in [3.8, 4) is 11.1 Å². The largest absolute Gasteiger partial charge is 0.356 e. The monoisotopic (exact) mass is 1020 g/mol. The fourth-order valence-electron chi connectivity index (χ4n) is 8.35. The first-order chi connectivity index (χ1) is 39.2. The molecule has 0 spiro atoms. The molecule has 6 heteroatoms. The predicted octanol–water partition coefficient (Wildman–Crippen LogP) is 20.5. The number of para-hydroxylation sites is 6. The van der Waals surface area contributed by atoms with E-state index in [0.717, 1.165) is 57.0 Å². The van der Waals surface area contributed by atoms with E-state index in [1.54, 1.807) is 6.20 Å². The van der Waals surface area contributed by atoms with Gasteiger partial charge in [0.1, 0.15) is 5.82 Å². The molecule has 13 aromatic rings. The summed E-state index contributed by atoms with van der Waals surface area (Å²) in [6.07, 6.45) is 1.77. The first kappa shape index (κ1) is 53.1. The summed E-state index contributed by atoms with van der Waals surface area (Å²) in [6, 6.07) is 115. The predicted molar refractivity (Wildman–Crippen MR) is 339 cm³/mol. The smallest absolute Gasteiger partial charge is 0.130 e. The third kappa shape index (κ3) is 17.4. The van der Waals surface area contributed by atoms with Gasteiger partial charge in [0.05, 0.1) is 0 Å². The maximum Gasteiger partial charge on any atom is 0.130 e. The van der Waals surface area contributed by atoms with Gasteiger partial charge in [-0.25, -0.2) is 4.98 Å². The normalized spacial score (nSPS) is 10.0. The highest BCUT2D eigenvalue weighted by atomic mass is 15.0. The third-order valence-electron chi connectivity index (χ3n) is 12.3. The minimum absolute atomic E-state index is 0.869. The Morgan fingerprint density at radius 3 is 1.05 bits per heavy atom. The Hall–Kier alpha value is -10.7. The van der Waals surface area contributed by atoms with Crippen LogP contribution >= 0.6 is 0 Å². The van der Waals surface area contributed by atoms with Gasteiger partial charge in [-0.15, -0.1) is 0 Å². The van der Waals surface area contributed by atoms with E-state index in [1.807, 2.05) is 170 Å². The number of nitrogens with zero attached hydrogens (tertiary/aromatic N) is 1. The second kappa shape index (κ2) is 29.4. The average molecular weight is 1020 g/mol. The van der Waals surface area contributed by atoms with Crippen molar-refractivity contribution in [3.05, 3.63) is 346 Å². The molecule has 12 aromatic carbocycles. The van der Waals surface area contributed by atoms with Crippen LogP contribution in [0.1, 0.15) is 0 Å². The molecule has 1 aromatic heterocycles. The molecule has 384 valence electrons. The Morgan fingerprint density at radius 1 is 0.203 bits per heavy atom. The van der Waals surface area contributed by atoms with E-state index in [2.05, 4.69) is 201 Å². The number of anilines is 10. The molecular formula is C73H62N6. The van der Waals surface area contributed by atoms with Gasteiger partial charge in [-0.3, -0.25) is 0 Å². The Labute approximate surface area is 464 Å². The highest BCUT2D eigenvalue weighted by Crippen LogP contribution is 2.27. The lowest BCUT2D eigenvalue weighted by Gasteiger charge is -2.09. The molecule has 0 saturated heterocycles. The van der Waals surface area contributed by atoms with Crippen LogP contribution in [0.5, 0.6) is 0 Å². The van der Waals surface area contributed by atoms with E-state index in [1.165, 1.54) is 32.7 Å². The fourth-order valence-corrected chi connectivity index (χ4v) is 8.35. The fraction of sp³-hybridized carbons (Fsp3) is 0. The summed E-state index contributed by atoms with van der Waals surface area (Å²) in [5.41, 5.74) is 12.5. The van der Waals surface area contributed by atoms with Gasteiger partial charge in [0.2, 0.25) is 0 Å². The summed E-state index contributed by atoms with van der Waals surface area (Å²) >= 11 is 0. The van der Waals surface area contributed by atoms with Gasteiger partial charge in [-0.1, -0.05) is 224 Å².